The number of benzene rings is 1. The first kappa shape index (κ1) is 28.6. The number of piperazine rings is 1. The predicted molar refractivity (Wildman–Crippen MR) is 164 cm³/mol. The van der Waals surface area contributed by atoms with Crippen LogP contribution in [0.5, 0.6) is 0 Å². The molecular formula is C32H36FN7O4S. The summed E-state index contributed by atoms with van der Waals surface area (Å²) in [7, 11) is 0. The zero-order chi connectivity index (χ0) is 31.1. The van der Waals surface area contributed by atoms with Gasteiger partial charge in [-0.2, -0.15) is 0 Å². The number of thiazole rings is 1. The lowest BCUT2D eigenvalue weighted by molar-refractivity contribution is -0.208. The number of nitrogens with one attached hydrogen (secondary N) is 1. The molecule has 0 unspecified atom stereocenters. The van der Waals surface area contributed by atoms with Crippen LogP contribution in [-0.2, 0) is 9.59 Å². The Kier molecular flexibility index (Phi) is 6.58. The number of aliphatic carboxylic acids is 1. The molecule has 9 rings (SSSR count). The number of rotatable bonds is 8. The lowest BCUT2D eigenvalue weighted by Gasteiger charge is -2.73. The van der Waals surface area contributed by atoms with E-state index in [0.717, 1.165) is 38.8 Å². The van der Waals surface area contributed by atoms with Crippen LogP contribution >= 0.6 is 11.3 Å². The number of carboxylic acids is 1. The minimum atomic E-state index is -1.11. The Bertz CT molecular complexity index is 1640. The number of carbonyl (C=O) groups is 3. The molecule has 5 heterocycles. The largest absolute Gasteiger partial charge is 0.478 e. The predicted octanol–water partition coefficient (Wildman–Crippen LogP) is 2.99. The number of amides is 3. The lowest BCUT2D eigenvalue weighted by Crippen LogP contribution is -2.77. The van der Waals surface area contributed by atoms with Gasteiger partial charge < -0.3 is 25.1 Å². The fraction of sp³-hybridized carbons (Fsp3) is 0.531. The van der Waals surface area contributed by atoms with Gasteiger partial charge in [-0.1, -0.05) is 12.1 Å². The van der Waals surface area contributed by atoms with E-state index in [1.807, 2.05) is 15.2 Å². The SMILES string of the molecule is Cc1c(F)cccc1[C@@H]1N=C(c2nccs2)NC(CN2CCN3C(=O)N(C45CC(CN6CCCC6=O)(C4)C5)C[C@@H]3C2)=C1C(=O)O. The molecule has 11 nitrogen and oxygen atoms in total. The fourth-order valence-electron chi connectivity index (χ4n) is 8.77. The molecular weight excluding hydrogens is 597 g/mol. The topological polar surface area (TPSA) is 122 Å². The average molecular weight is 634 g/mol. The van der Waals surface area contributed by atoms with E-state index in [2.05, 4.69) is 20.1 Å². The van der Waals surface area contributed by atoms with E-state index in [4.69, 9.17) is 4.99 Å². The number of likely N-dealkylation sites (tertiary alicyclic amines) is 1. The molecule has 3 saturated carbocycles. The lowest BCUT2D eigenvalue weighted by atomic mass is 9.38. The van der Waals surface area contributed by atoms with Gasteiger partial charge >= 0.3 is 12.0 Å². The number of hydrogen-bond acceptors (Lipinski definition) is 8. The Hall–Kier alpha value is -3.84. The monoisotopic (exact) mass is 633 g/mol. The zero-order valence-electron chi connectivity index (χ0n) is 25.2. The second-order valence-electron chi connectivity index (χ2n) is 13.6. The number of carbonyl (C=O) groups excluding carboxylic acids is 2. The van der Waals surface area contributed by atoms with Crippen molar-refractivity contribution in [2.75, 3.05) is 45.8 Å². The minimum Gasteiger partial charge on any atom is -0.478 e. The van der Waals surface area contributed by atoms with Gasteiger partial charge in [0.25, 0.3) is 0 Å². The highest BCUT2D eigenvalue weighted by Gasteiger charge is 2.72. The summed E-state index contributed by atoms with van der Waals surface area (Å²) in [5, 5.41) is 16.2. The Morgan fingerprint density at radius 2 is 2.00 bits per heavy atom. The van der Waals surface area contributed by atoms with Crippen molar-refractivity contribution in [3.05, 3.63) is 63.0 Å². The Balaban J connectivity index is 0.998. The standard InChI is InChI=1S/C32H36FN7O4S/c1-19-21(4-2-5-22(19)33)26-25(29(42)43)23(35-27(36-26)28-34-7-11-45-28)14-37-9-10-39-20(12-37)13-40(30(39)44)32-15-31(16-32,17-32)18-38-8-3-6-24(38)41/h2,4-5,7,11,20,26H,3,6,8-10,12-18H2,1H3,(H,35,36)(H,42,43)/t20-,26-,31?,32?/m0/s1. The Labute approximate surface area is 264 Å². The molecule has 3 aliphatic carbocycles. The Morgan fingerprint density at radius 1 is 1.18 bits per heavy atom. The number of aromatic nitrogens is 1. The van der Waals surface area contributed by atoms with Crippen molar-refractivity contribution in [2.24, 2.45) is 10.4 Å². The molecule has 2 bridgehead atoms. The van der Waals surface area contributed by atoms with Gasteiger partial charge in [0.05, 0.1) is 11.6 Å². The van der Waals surface area contributed by atoms with Gasteiger partial charge in [-0.25, -0.2) is 19.0 Å². The maximum Gasteiger partial charge on any atom is 0.335 e. The van der Waals surface area contributed by atoms with Gasteiger partial charge in [0.2, 0.25) is 5.91 Å². The maximum absolute atomic E-state index is 14.6. The van der Waals surface area contributed by atoms with Gasteiger partial charge in [-0.05, 0) is 55.2 Å². The molecule has 3 saturated heterocycles. The summed E-state index contributed by atoms with van der Waals surface area (Å²) in [6.07, 6.45) is 6.19. The Morgan fingerprint density at radius 3 is 2.71 bits per heavy atom. The van der Waals surface area contributed by atoms with Crippen LogP contribution in [0.1, 0.15) is 54.3 Å². The van der Waals surface area contributed by atoms with Gasteiger partial charge in [-0.3, -0.25) is 14.7 Å². The zero-order valence-corrected chi connectivity index (χ0v) is 26.0. The molecule has 4 aliphatic heterocycles. The maximum atomic E-state index is 14.6. The summed E-state index contributed by atoms with van der Waals surface area (Å²) in [4.78, 5) is 56.0. The minimum absolute atomic E-state index is 0.0159. The molecule has 1 aromatic heterocycles. The molecule has 0 spiro atoms. The highest BCUT2D eigenvalue weighted by molar-refractivity contribution is 7.11. The summed E-state index contributed by atoms with van der Waals surface area (Å²) < 4.78 is 14.6. The fourth-order valence-corrected chi connectivity index (χ4v) is 9.36. The molecule has 6 fully saturated rings. The number of halogens is 1. The quantitative estimate of drug-likeness (QED) is 0.459. The number of urea groups is 1. The van der Waals surface area contributed by atoms with Crippen LogP contribution in [-0.4, -0.2) is 111 Å². The van der Waals surface area contributed by atoms with Gasteiger partial charge in [0.15, 0.2) is 10.8 Å². The van der Waals surface area contributed by atoms with E-state index in [-0.39, 0.29) is 34.5 Å². The second-order valence-corrected chi connectivity index (χ2v) is 14.5. The van der Waals surface area contributed by atoms with Crippen molar-refractivity contribution in [1.82, 2.24) is 29.9 Å². The molecule has 3 amide bonds. The number of amidine groups is 1. The summed E-state index contributed by atoms with van der Waals surface area (Å²) in [6.45, 7) is 6.11. The third-order valence-electron chi connectivity index (χ3n) is 10.8. The van der Waals surface area contributed by atoms with Crippen molar-refractivity contribution in [2.45, 2.75) is 56.7 Å². The van der Waals surface area contributed by atoms with Gasteiger partial charge in [-0.15, -0.1) is 11.3 Å². The van der Waals surface area contributed by atoms with Crippen LogP contribution in [0.2, 0.25) is 0 Å². The van der Waals surface area contributed by atoms with Crippen molar-refractivity contribution in [3.8, 4) is 0 Å². The normalized spacial score (nSPS) is 31.1. The van der Waals surface area contributed by atoms with E-state index < -0.39 is 17.8 Å². The number of nitrogens with zero attached hydrogens (tertiary/aromatic N) is 6. The van der Waals surface area contributed by atoms with Gasteiger partial charge in [0.1, 0.15) is 11.9 Å². The molecule has 1 aromatic carbocycles. The first-order valence-corrected chi connectivity index (χ1v) is 16.6. The van der Waals surface area contributed by atoms with Gasteiger partial charge in [0, 0.05) is 75.0 Å². The number of carboxylic acid groups (broad SMARTS) is 1. The average Bonchev–Trinajstić information content (AvgIpc) is 3.72. The van der Waals surface area contributed by atoms with Crippen LogP contribution in [0.3, 0.4) is 0 Å². The number of hydrogen-bond donors (Lipinski definition) is 2. The highest BCUT2D eigenvalue weighted by atomic mass is 32.1. The van der Waals surface area contributed by atoms with E-state index in [1.54, 1.807) is 25.3 Å². The summed E-state index contributed by atoms with van der Waals surface area (Å²) in [6, 6.07) is 3.90. The van der Waals surface area contributed by atoms with Crippen LogP contribution in [0.15, 0.2) is 46.0 Å². The van der Waals surface area contributed by atoms with E-state index in [9.17, 15) is 23.9 Å². The second kappa shape index (κ2) is 10.3. The van der Waals surface area contributed by atoms with Crippen molar-refractivity contribution in [3.63, 3.8) is 0 Å². The van der Waals surface area contributed by atoms with E-state index >= 15 is 0 Å². The number of fused-ring (bicyclic) bond motifs is 1. The van der Waals surface area contributed by atoms with E-state index in [0.29, 0.717) is 66.8 Å². The van der Waals surface area contributed by atoms with Crippen LogP contribution in [0, 0.1) is 18.2 Å². The third-order valence-corrected chi connectivity index (χ3v) is 11.6. The first-order valence-electron chi connectivity index (χ1n) is 15.7. The molecule has 13 heteroatoms. The molecule has 2 N–H and O–H groups in total. The molecule has 236 valence electrons. The molecule has 7 aliphatic rings. The van der Waals surface area contributed by atoms with Crippen LogP contribution in [0.4, 0.5) is 9.18 Å². The third kappa shape index (κ3) is 4.57. The molecule has 45 heavy (non-hydrogen) atoms. The van der Waals surface area contributed by atoms with Crippen molar-refractivity contribution in [1.29, 1.82) is 0 Å². The smallest absolute Gasteiger partial charge is 0.335 e. The van der Waals surface area contributed by atoms with Crippen LogP contribution in [0.25, 0.3) is 0 Å². The molecule has 2 aromatic rings. The molecule has 0 radical (unpaired) electrons. The molecule has 2 atom stereocenters. The van der Waals surface area contributed by atoms with Crippen molar-refractivity contribution < 1.29 is 23.9 Å². The summed E-state index contributed by atoms with van der Waals surface area (Å²) >= 11 is 1.40. The first-order chi connectivity index (χ1) is 21.7. The summed E-state index contributed by atoms with van der Waals surface area (Å²) in [5.74, 6) is -0.789. The van der Waals surface area contributed by atoms with Crippen LogP contribution < -0.4 is 5.32 Å². The number of aliphatic imine (C=N–C) groups is 1. The van der Waals surface area contributed by atoms with E-state index in [1.165, 1.54) is 17.4 Å². The highest BCUT2D eigenvalue weighted by Crippen LogP contribution is 2.70. The summed E-state index contributed by atoms with van der Waals surface area (Å²) in [5.41, 5.74) is 1.56. The van der Waals surface area contributed by atoms with Crippen molar-refractivity contribution >= 4 is 35.1 Å².